The summed E-state index contributed by atoms with van der Waals surface area (Å²) in [5.74, 6) is 0.217. The number of piperidine rings is 1. The van der Waals surface area contributed by atoms with Crippen LogP contribution in [-0.2, 0) is 16.7 Å². The Balaban J connectivity index is 1.46. The molecule has 1 unspecified atom stereocenters. The number of hydrogen-bond acceptors (Lipinski definition) is 5. The van der Waals surface area contributed by atoms with Gasteiger partial charge in [-0.15, -0.1) is 0 Å². The van der Waals surface area contributed by atoms with Gasteiger partial charge in [0, 0.05) is 17.2 Å². The number of hydrogen-bond donors (Lipinski definition) is 2. The van der Waals surface area contributed by atoms with Gasteiger partial charge in [-0.1, -0.05) is 61.0 Å². The van der Waals surface area contributed by atoms with Crippen LogP contribution in [0.4, 0.5) is 4.79 Å². The highest BCUT2D eigenvalue weighted by Crippen LogP contribution is 2.76. The maximum Gasteiger partial charge on any atom is 0.408 e. The molecule has 1 N–H and O–H groups in total. The van der Waals surface area contributed by atoms with Crippen LogP contribution in [0.15, 0.2) is 54.6 Å². The molecule has 2 aromatic carbocycles. The molecule has 0 spiro atoms. The van der Waals surface area contributed by atoms with E-state index in [2.05, 4.69) is 90.4 Å². The SMILES string of the molecule is CC(S)c1ccc([C@](C#N)(C2CCN(Cc3ccccc3)CC2)[C@@]23CCC[C@]2(NC(=O)OC(C)(C)C)C3)cc1. The van der Waals surface area contributed by atoms with E-state index in [0.29, 0.717) is 0 Å². The van der Waals surface area contributed by atoms with Gasteiger partial charge in [0.1, 0.15) is 5.60 Å². The zero-order chi connectivity index (χ0) is 27.9. The van der Waals surface area contributed by atoms with Gasteiger partial charge in [0.05, 0.1) is 17.0 Å². The van der Waals surface area contributed by atoms with E-state index in [1.54, 1.807) is 0 Å². The van der Waals surface area contributed by atoms with Crippen molar-refractivity contribution in [3.63, 3.8) is 0 Å². The van der Waals surface area contributed by atoms with E-state index in [4.69, 9.17) is 4.74 Å². The zero-order valence-electron chi connectivity index (χ0n) is 23.9. The molecule has 2 aromatic rings. The van der Waals surface area contributed by atoms with E-state index in [0.717, 1.165) is 69.3 Å². The van der Waals surface area contributed by atoms with Gasteiger partial charge in [0.15, 0.2) is 0 Å². The Labute approximate surface area is 239 Å². The number of likely N-dealkylation sites (tertiary alicyclic amines) is 1. The summed E-state index contributed by atoms with van der Waals surface area (Å²) < 4.78 is 5.70. The molecule has 5 nitrogen and oxygen atoms in total. The summed E-state index contributed by atoms with van der Waals surface area (Å²) in [5.41, 5.74) is 1.68. The number of carbonyl (C=O) groups is 1. The Bertz CT molecular complexity index is 1210. The molecular formula is C33H43N3O2S. The highest BCUT2D eigenvalue weighted by molar-refractivity contribution is 7.80. The van der Waals surface area contributed by atoms with Crippen molar-refractivity contribution < 1.29 is 9.53 Å². The molecule has 208 valence electrons. The van der Waals surface area contributed by atoms with Crippen LogP contribution in [0.2, 0.25) is 0 Å². The highest BCUT2D eigenvalue weighted by atomic mass is 32.1. The third kappa shape index (κ3) is 5.09. The molecule has 4 atom stereocenters. The van der Waals surface area contributed by atoms with Gasteiger partial charge in [-0.2, -0.15) is 17.9 Å². The Morgan fingerprint density at radius 1 is 1.13 bits per heavy atom. The lowest BCUT2D eigenvalue weighted by atomic mass is 9.57. The number of nitrogens with one attached hydrogen (secondary N) is 1. The standard InChI is InChI=1S/C33H43N3O2S/c1-24(39)26-11-13-27(14-12-26)33(23-34,28-15-19-36(20-16-28)21-25-9-6-5-7-10-25)31-17-8-18-32(31,22-31)35-29(37)38-30(2,3)4/h5-7,9-14,24,28,39H,8,15-22H2,1-4H3,(H,35,37)/t24?,31-,32+,33-/m1/s1. The van der Waals surface area contributed by atoms with Gasteiger partial charge in [-0.25, -0.2) is 4.79 Å². The largest absolute Gasteiger partial charge is 0.444 e. The molecule has 1 aliphatic heterocycles. The van der Waals surface area contributed by atoms with Gasteiger partial charge >= 0.3 is 6.09 Å². The summed E-state index contributed by atoms with van der Waals surface area (Å²) in [4.78, 5) is 15.5. The molecular weight excluding hydrogens is 502 g/mol. The van der Waals surface area contributed by atoms with E-state index in [1.165, 1.54) is 5.56 Å². The second kappa shape index (κ2) is 10.5. The fourth-order valence-corrected chi connectivity index (χ4v) is 7.99. The van der Waals surface area contributed by atoms with E-state index in [-0.39, 0.29) is 28.2 Å². The summed E-state index contributed by atoms with van der Waals surface area (Å²) >= 11 is 4.63. The van der Waals surface area contributed by atoms with Crippen LogP contribution in [-0.4, -0.2) is 35.2 Å². The van der Waals surface area contributed by atoms with E-state index < -0.39 is 11.0 Å². The fraction of sp³-hybridized carbons (Fsp3) is 0.576. The maximum absolute atomic E-state index is 13.0. The molecule has 1 heterocycles. The van der Waals surface area contributed by atoms with Crippen LogP contribution in [0.25, 0.3) is 0 Å². The molecule has 5 rings (SSSR count). The van der Waals surface area contributed by atoms with Crippen LogP contribution in [0.3, 0.4) is 0 Å². The van der Waals surface area contributed by atoms with Crippen molar-refractivity contribution in [3.05, 3.63) is 71.3 Å². The van der Waals surface area contributed by atoms with Crippen molar-refractivity contribution in [2.75, 3.05) is 13.1 Å². The fourth-order valence-electron chi connectivity index (χ4n) is 7.81. The number of rotatable bonds is 7. The smallest absolute Gasteiger partial charge is 0.408 e. The summed E-state index contributed by atoms with van der Waals surface area (Å²) in [7, 11) is 0. The van der Waals surface area contributed by atoms with Gasteiger partial charge in [-0.3, -0.25) is 4.90 Å². The number of ether oxygens (including phenoxy) is 1. The van der Waals surface area contributed by atoms with Gasteiger partial charge in [0.25, 0.3) is 0 Å². The monoisotopic (exact) mass is 545 g/mol. The molecule has 0 bridgehead atoms. The minimum atomic E-state index is -0.671. The minimum absolute atomic E-state index is 0.134. The summed E-state index contributed by atoms with van der Waals surface area (Å²) in [5, 5.41) is 14.7. The van der Waals surface area contributed by atoms with Crippen LogP contribution >= 0.6 is 12.6 Å². The summed E-state index contributed by atoms with van der Waals surface area (Å²) in [6.07, 6.45) is 5.26. The first-order valence-electron chi connectivity index (χ1n) is 14.5. The normalized spacial score (nSPS) is 27.6. The van der Waals surface area contributed by atoms with Crippen molar-refractivity contribution in [2.45, 2.75) is 94.6 Å². The lowest BCUT2D eigenvalue weighted by molar-refractivity contribution is 0.0459. The molecule has 0 aromatic heterocycles. The van der Waals surface area contributed by atoms with Crippen LogP contribution in [0, 0.1) is 22.7 Å². The first-order chi connectivity index (χ1) is 18.5. The first kappa shape index (κ1) is 28.1. The number of benzene rings is 2. The Morgan fingerprint density at radius 3 is 2.38 bits per heavy atom. The summed E-state index contributed by atoms with van der Waals surface area (Å²) in [6, 6.07) is 22.2. The molecule has 3 aliphatic rings. The minimum Gasteiger partial charge on any atom is -0.444 e. The molecule has 6 heteroatoms. The van der Waals surface area contributed by atoms with Crippen molar-refractivity contribution in [1.29, 1.82) is 5.26 Å². The van der Waals surface area contributed by atoms with E-state index >= 15 is 0 Å². The van der Waals surface area contributed by atoms with Gasteiger partial charge in [-0.05, 0) is 95.5 Å². The van der Waals surface area contributed by atoms with Crippen LogP contribution in [0.5, 0.6) is 0 Å². The zero-order valence-corrected chi connectivity index (χ0v) is 24.8. The maximum atomic E-state index is 13.0. The first-order valence-corrected chi connectivity index (χ1v) is 15.0. The number of nitriles is 1. The third-order valence-corrected chi connectivity index (χ3v) is 9.87. The molecule has 2 aliphatic carbocycles. The number of carbonyl (C=O) groups excluding carboxylic acids is 1. The predicted molar refractivity (Wildman–Crippen MR) is 159 cm³/mol. The topological polar surface area (TPSA) is 65.4 Å². The number of nitrogens with zero attached hydrogens (tertiary/aromatic N) is 2. The second-order valence-electron chi connectivity index (χ2n) is 13.1. The van der Waals surface area contributed by atoms with Gasteiger partial charge in [0.2, 0.25) is 0 Å². The number of thiol groups is 1. The number of amides is 1. The Kier molecular flexibility index (Phi) is 7.54. The highest BCUT2D eigenvalue weighted by Gasteiger charge is 2.80. The lowest BCUT2D eigenvalue weighted by Crippen LogP contribution is -2.52. The Hall–Kier alpha value is -2.49. The van der Waals surface area contributed by atoms with Crippen LogP contribution < -0.4 is 5.32 Å². The molecule has 1 saturated heterocycles. The van der Waals surface area contributed by atoms with Crippen molar-refractivity contribution >= 4 is 18.7 Å². The van der Waals surface area contributed by atoms with Crippen molar-refractivity contribution in [2.24, 2.45) is 11.3 Å². The third-order valence-electron chi connectivity index (χ3n) is 9.57. The van der Waals surface area contributed by atoms with Crippen LogP contribution in [0.1, 0.15) is 88.2 Å². The second-order valence-corrected chi connectivity index (χ2v) is 13.8. The molecule has 2 saturated carbocycles. The molecule has 39 heavy (non-hydrogen) atoms. The molecule has 0 radical (unpaired) electrons. The number of alkyl carbamates (subject to hydrolysis) is 1. The quantitative estimate of drug-likeness (QED) is 0.362. The molecule has 3 fully saturated rings. The van der Waals surface area contributed by atoms with E-state index in [1.807, 2.05) is 20.8 Å². The lowest BCUT2D eigenvalue weighted by Gasteiger charge is -2.46. The molecule has 1 amide bonds. The number of fused-ring (bicyclic) bond motifs is 1. The van der Waals surface area contributed by atoms with E-state index in [9.17, 15) is 10.1 Å². The summed E-state index contributed by atoms with van der Waals surface area (Å²) in [6.45, 7) is 10.6. The van der Waals surface area contributed by atoms with Gasteiger partial charge < -0.3 is 10.1 Å². The average molecular weight is 546 g/mol. The predicted octanol–water partition coefficient (Wildman–Crippen LogP) is 7.19. The van der Waals surface area contributed by atoms with Crippen molar-refractivity contribution in [3.8, 4) is 6.07 Å². The Morgan fingerprint density at radius 2 is 1.79 bits per heavy atom. The van der Waals surface area contributed by atoms with Crippen molar-refractivity contribution in [1.82, 2.24) is 10.2 Å². The average Bonchev–Trinajstić information content (AvgIpc) is 3.38.